The summed E-state index contributed by atoms with van der Waals surface area (Å²) < 4.78 is 5.08. The Kier molecular flexibility index (Phi) is 6.72. The van der Waals surface area contributed by atoms with Crippen molar-refractivity contribution < 1.29 is 9.53 Å². The summed E-state index contributed by atoms with van der Waals surface area (Å²) >= 11 is 1.45. The van der Waals surface area contributed by atoms with Crippen molar-refractivity contribution in [2.45, 2.75) is 38.6 Å². The van der Waals surface area contributed by atoms with Gasteiger partial charge in [0.15, 0.2) is 5.13 Å². The number of aryl methyl sites for hydroxylation is 1. The highest BCUT2D eigenvalue weighted by atomic mass is 32.1. The highest BCUT2D eigenvalue weighted by Gasteiger charge is 2.19. The Morgan fingerprint density at radius 3 is 2.66 bits per heavy atom. The third-order valence-corrected chi connectivity index (χ3v) is 7.10. The normalized spacial score (nSPS) is 13.5. The molecule has 0 spiro atoms. The van der Waals surface area contributed by atoms with E-state index >= 15 is 0 Å². The van der Waals surface area contributed by atoms with E-state index in [1.54, 1.807) is 19.2 Å². The second kappa shape index (κ2) is 10.2. The molecule has 1 aliphatic rings. The Bertz CT molecular complexity index is 1330. The van der Waals surface area contributed by atoms with Gasteiger partial charge in [0.25, 0.3) is 5.91 Å². The molecular weight excluding hydrogens is 458 g/mol. The van der Waals surface area contributed by atoms with Gasteiger partial charge in [0.2, 0.25) is 5.88 Å². The molecule has 0 bridgehead atoms. The van der Waals surface area contributed by atoms with Crippen LogP contribution in [0.2, 0.25) is 0 Å². The van der Waals surface area contributed by atoms with Crippen LogP contribution in [0.3, 0.4) is 0 Å². The van der Waals surface area contributed by atoms with Gasteiger partial charge >= 0.3 is 0 Å². The molecule has 1 aliphatic carbocycles. The third kappa shape index (κ3) is 5.33. The number of carbonyl (C=O) groups is 1. The SMILES string of the molecule is COc1ccc(C(=O)Nc2nc(-c3cccc(C)c3)c(-c3ccnc(NC4CCCC4)c3)s2)cn1. The largest absolute Gasteiger partial charge is 0.481 e. The maximum atomic E-state index is 12.9. The van der Waals surface area contributed by atoms with Crippen LogP contribution in [-0.4, -0.2) is 34.0 Å². The molecule has 0 atom stereocenters. The van der Waals surface area contributed by atoms with Crippen molar-refractivity contribution in [3.05, 3.63) is 72.1 Å². The summed E-state index contributed by atoms with van der Waals surface area (Å²) in [5.74, 6) is 1.06. The van der Waals surface area contributed by atoms with Crippen molar-refractivity contribution in [1.29, 1.82) is 0 Å². The van der Waals surface area contributed by atoms with Gasteiger partial charge in [-0.1, -0.05) is 47.9 Å². The summed E-state index contributed by atoms with van der Waals surface area (Å²) in [6, 6.07) is 16.1. The first kappa shape index (κ1) is 23.0. The number of methoxy groups -OCH3 is 1. The maximum absolute atomic E-state index is 12.9. The van der Waals surface area contributed by atoms with Crippen LogP contribution in [0.25, 0.3) is 21.7 Å². The minimum absolute atomic E-state index is 0.269. The number of benzene rings is 1. The zero-order valence-corrected chi connectivity index (χ0v) is 20.6. The number of anilines is 2. The van der Waals surface area contributed by atoms with Gasteiger partial charge < -0.3 is 10.1 Å². The van der Waals surface area contributed by atoms with Gasteiger partial charge in [-0.3, -0.25) is 10.1 Å². The van der Waals surface area contributed by atoms with Gasteiger partial charge in [-0.05, 0) is 49.6 Å². The molecule has 1 saturated carbocycles. The molecular formula is C27H27N5O2S. The number of nitrogens with one attached hydrogen (secondary N) is 2. The van der Waals surface area contributed by atoms with Crippen molar-refractivity contribution in [1.82, 2.24) is 15.0 Å². The second-order valence-electron chi connectivity index (χ2n) is 8.67. The van der Waals surface area contributed by atoms with Crippen molar-refractivity contribution in [3.63, 3.8) is 0 Å². The summed E-state index contributed by atoms with van der Waals surface area (Å²) in [6.45, 7) is 2.06. The smallest absolute Gasteiger partial charge is 0.259 e. The Morgan fingerprint density at radius 1 is 1.06 bits per heavy atom. The molecule has 8 heteroatoms. The second-order valence-corrected chi connectivity index (χ2v) is 9.66. The Morgan fingerprint density at radius 2 is 1.91 bits per heavy atom. The highest BCUT2D eigenvalue weighted by Crippen LogP contribution is 2.40. The minimum Gasteiger partial charge on any atom is -0.481 e. The number of hydrogen-bond donors (Lipinski definition) is 2. The molecule has 178 valence electrons. The van der Waals surface area contributed by atoms with Crippen LogP contribution in [0.5, 0.6) is 5.88 Å². The Labute approximate surface area is 208 Å². The average Bonchev–Trinajstić information content (AvgIpc) is 3.54. The van der Waals surface area contributed by atoms with Crippen LogP contribution >= 0.6 is 11.3 Å². The highest BCUT2D eigenvalue weighted by molar-refractivity contribution is 7.19. The number of nitrogens with zero attached hydrogens (tertiary/aromatic N) is 3. The standard InChI is InChI=1S/C27H27N5O2S/c1-17-6-5-7-18(14-17)24-25(19-12-13-28-22(15-19)30-21-8-3-4-9-21)35-27(31-24)32-26(33)20-10-11-23(34-2)29-16-20/h5-7,10-16,21H,3-4,8-9H2,1-2H3,(H,28,30)(H,31,32,33). The number of amides is 1. The summed E-state index contributed by atoms with van der Waals surface area (Å²) in [5, 5.41) is 7.04. The number of carbonyl (C=O) groups excluding carboxylic acids is 1. The molecule has 3 aromatic heterocycles. The van der Waals surface area contributed by atoms with Crippen LogP contribution in [0, 0.1) is 6.92 Å². The summed E-state index contributed by atoms with van der Waals surface area (Å²) in [5.41, 5.74) is 4.44. The number of hydrogen-bond acceptors (Lipinski definition) is 7. The van der Waals surface area contributed by atoms with Crippen LogP contribution in [0.4, 0.5) is 10.9 Å². The molecule has 0 aliphatic heterocycles. The number of aromatic nitrogens is 3. The van der Waals surface area contributed by atoms with Gasteiger partial charge in [-0.15, -0.1) is 0 Å². The van der Waals surface area contributed by atoms with Crippen LogP contribution < -0.4 is 15.4 Å². The van der Waals surface area contributed by atoms with E-state index in [-0.39, 0.29) is 5.91 Å². The molecule has 0 radical (unpaired) electrons. The zero-order chi connectivity index (χ0) is 24.2. The van der Waals surface area contributed by atoms with E-state index in [1.165, 1.54) is 43.2 Å². The van der Waals surface area contributed by atoms with Crippen molar-refractivity contribution in [2.24, 2.45) is 0 Å². The third-order valence-electron chi connectivity index (χ3n) is 6.08. The van der Waals surface area contributed by atoms with Crippen LogP contribution in [0.15, 0.2) is 60.9 Å². The lowest BCUT2D eigenvalue weighted by Gasteiger charge is -2.13. The van der Waals surface area contributed by atoms with Gasteiger partial charge in [-0.2, -0.15) is 0 Å². The Balaban J connectivity index is 1.48. The van der Waals surface area contributed by atoms with E-state index in [1.807, 2.05) is 24.4 Å². The number of rotatable bonds is 7. The zero-order valence-electron chi connectivity index (χ0n) is 19.7. The van der Waals surface area contributed by atoms with Crippen molar-refractivity contribution in [3.8, 4) is 27.6 Å². The van der Waals surface area contributed by atoms with E-state index in [0.29, 0.717) is 22.6 Å². The van der Waals surface area contributed by atoms with E-state index in [9.17, 15) is 4.79 Å². The number of pyridine rings is 2. The lowest BCUT2D eigenvalue weighted by atomic mass is 10.1. The number of thiazole rings is 1. The summed E-state index contributed by atoms with van der Waals surface area (Å²) in [7, 11) is 1.54. The molecule has 0 saturated heterocycles. The molecule has 2 N–H and O–H groups in total. The summed E-state index contributed by atoms with van der Waals surface area (Å²) in [4.78, 5) is 27.3. The first-order valence-corrected chi connectivity index (χ1v) is 12.5. The minimum atomic E-state index is -0.269. The van der Waals surface area contributed by atoms with Gasteiger partial charge in [0.05, 0.1) is 23.2 Å². The fraction of sp³-hybridized carbons (Fsp3) is 0.259. The summed E-state index contributed by atoms with van der Waals surface area (Å²) in [6.07, 6.45) is 8.20. The molecule has 1 fully saturated rings. The first-order chi connectivity index (χ1) is 17.1. The molecule has 35 heavy (non-hydrogen) atoms. The quantitative estimate of drug-likeness (QED) is 0.324. The van der Waals surface area contributed by atoms with Crippen molar-refractivity contribution >= 4 is 28.2 Å². The molecule has 4 aromatic rings. The number of ether oxygens (including phenoxy) is 1. The molecule has 3 heterocycles. The average molecular weight is 486 g/mol. The fourth-order valence-electron chi connectivity index (χ4n) is 4.29. The van der Waals surface area contributed by atoms with E-state index in [2.05, 4.69) is 45.7 Å². The molecule has 7 nitrogen and oxygen atoms in total. The van der Waals surface area contributed by atoms with E-state index < -0.39 is 0 Å². The molecule has 1 aromatic carbocycles. The Hall–Kier alpha value is -3.78. The van der Waals surface area contributed by atoms with Crippen LogP contribution in [0.1, 0.15) is 41.6 Å². The monoisotopic (exact) mass is 485 g/mol. The molecule has 0 unspecified atom stereocenters. The lowest BCUT2D eigenvalue weighted by Crippen LogP contribution is -2.15. The lowest BCUT2D eigenvalue weighted by molar-refractivity contribution is 0.102. The first-order valence-electron chi connectivity index (χ1n) is 11.7. The van der Waals surface area contributed by atoms with Gasteiger partial charge in [0.1, 0.15) is 5.82 Å². The van der Waals surface area contributed by atoms with Crippen molar-refractivity contribution in [2.75, 3.05) is 17.7 Å². The van der Waals surface area contributed by atoms with Gasteiger partial charge in [-0.25, -0.2) is 15.0 Å². The molecule has 1 amide bonds. The predicted molar refractivity (Wildman–Crippen MR) is 140 cm³/mol. The maximum Gasteiger partial charge on any atom is 0.259 e. The predicted octanol–water partition coefficient (Wildman–Crippen LogP) is 6.19. The van der Waals surface area contributed by atoms with Gasteiger partial charge in [0, 0.05) is 30.1 Å². The van der Waals surface area contributed by atoms with Crippen LogP contribution in [-0.2, 0) is 0 Å². The van der Waals surface area contributed by atoms with E-state index in [0.717, 1.165) is 33.1 Å². The topological polar surface area (TPSA) is 89.0 Å². The fourth-order valence-corrected chi connectivity index (χ4v) is 5.27. The molecule has 5 rings (SSSR count). The van der Waals surface area contributed by atoms with E-state index in [4.69, 9.17) is 9.72 Å².